The molecule has 1 aromatic rings. The average molecular weight is 280 g/mol. The van der Waals surface area contributed by atoms with E-state index >= 15 is 0 Å². The number of rotatable bonds is 3. The molecule has 2 N–H and O–H groups in total. The van der Waals surface area contributed by atoms with Crippen molar-refractivity contribution in [3.63, 3.8) is 0 Å². The smallest absolute Gasteiger partial charge is 0.321 e. The fourth-order valence-electron chi connectivity index (χ4n) is 2.68. The summed E-state index contributed by atoms with van der Waals surface area (Å²) in [6, 6.07) is 0.104. The van der Waals surface area contributed by atoms with Gasteiger partial charge in [-0.15, -0.1) is 5.10 Å². The number of amides is 2. The van der Waals surface area contributed by atoms with E-state index in [1.165, 1.54) is 4.80 Å². The maximum atomic E-state index is 11.9. The van der Waals surface area contributed by atoms with Crippen LogP contribution >= 0.6 is 0 Å². The maximum absolute atomic E-state index is 11.9. The first-order chi connectivity index (χ1) is 9.45. The second-order valence-corrected chi connectivity index (χ2v) is 6.13. The fourth-order valence-corrected chi connectivity index (χ4v) is 2.68. The summed E-state index contributed by atoms with van der Waals surface area (Å²) in [6.07, 6.45) is 3.35. The van der Waals surface area contributed by atoms with Crippen LogP contribution < -0.4 is 10.6 Å². The van der Waals surface area contributed by atoms with Crippen LogP contribution in [0.3, 0.4) is 0 Å². The summed E-state index contributed by atoms with van der Waals surface area (Å²) in [6.45, 7) is 8.36. The quantitative estimate of drug-likeness (QED) is 0.889. The van der Waals surface area contributed by atoms with Crippen LogP contribution in [0, 0.1) is 11.8 Å². The Hall–Kier alpha value is -1.66. The van der Waals surface area contributed by atoms with Crippen LogP contribution in [-0.4, -0.2) is 32.3 Å². The number of hydrogen-bond acceptors (Lipinski definition) is 4. The van der Waals surface area contributed by atoms with E-state index in [-0.39, 0.29) is 24.1 Å². The van der Waals surface area contributed by atoms with Crippen molar-refractivity contribution < 1.29 is 4.79 Å². The average Bonchev–Trinajstić information content (AvgIpc) is 2.81. The number of urea groups is 1. The van der Waals surface area contributed by atoms with Crippen LogP contribution in [-0.2, 0) is 0 Å². The molecule has 0 aromatic carbocycles. The van der Waals surface area contributed by atoms with Gasteiger partial charge in [0.15, 0.2) is 0 Å². The lowest BCUT2D eigenvalue weighted by molar-refractivity contribution is 0.214. The molecule has 20 heavy (non-hydrogen) atoms. The standard InChI is InChI=1S/C13H24N6O/c1-8(2)19-17-12(16-18-19)15-13(20)14-11-6-5-9(3)7-10(11)4/h8-11H,5-7H2,1-4H3,(H2,14,15,17,20). The van der Waals surface area contributed by atoms with Gasteiger partial charge in [0.05, 0.1) is 6.04 Å². The molecular weight excluding hydrogens is 256 g/mol. The van der Waals surface area contributed by atoms with Crippen LogP contribution in [0.15, 0.2) is 0 Å². The van der Waals surface area contributed by atoms with Gasteiger partial charge in [-0.3, -0.25) is 5.32 Å². The molecule has 7 nitrogen and oxygen atoms in total. The molecular formula is C13H24N6O. The third kappa shape index (κ3) is 3.68. The summed E-state index contributed by atoms with van der Waals surface area (Å²) in [5.41, 5.74) is 0. The van der Waals surface area contributed by atoms with Crippen molar-refractivity contribution in [3.05, 3.63) is 0 Å². The van der Waals surface area contributed by atoms with Gasteiger partial charge in [0.25, 0.3) is 5.95 Å². The molecule has 0 radical (unpaired) electrons. The number of anilines is 1. The van der Waals surface area contributed by atoms with Crippen LogP contribution in [0.4, 0.5) is 10.7 Å². The van der Waals surface area contributed by atoms with Crippen molar-refractivity contribution in [3.8, 4) is 0 Å². The van der Waals surface area contributed by atoms with Gasteiger partial charge >= 0.3 is 6.03 Å². The molecule has 0 spiro atoms. The van der Waals surface area contributed by atoms with E-state index < -0.39 is 0 Å². The van der Waals surface area contributed by atoms with Crippen molar-refractivity contribution in [2.45, 2.75) is 59.0 Å². The monoisotopic (exact) mass is 280 g/mol. The van der Waals surface area contributed by atoms with Gasteiger partial charge in [-0.2, -0.15) is 4.80 Å². The number of carbonyl (C=O) groups is 1. The summed E-state index contributed by atoms with van der Waals surface area (Å²) in [7, 11) is 0. The summed E-state index contributed by atoms with van der Waals surface area (Å²) in [5, 5.41) is 17.4. The maximum Gasteiger partial charge on any atom is 0.321 e. The lowest BCUT2D eigenvalue weighted by atomic mass is 9.80. The number of nitrogens with one attached hydrogen (secondary N) is 2. The molecule has 2 amide bonds. The number of carbonyl (C=O) groups excluding carboxylic acids is 1. The van der Waals surface area contributed by atoms with E-state index in [1.807, 2.05) is 13.8 Å². The molecule has 0 bridgehead atoms. The molecule has 1 aliphatic rings. The Morgan fingerprint density at radius 2 is 2.10 bits per heavy atom. The molecule has 112 valence electrons. The summed E-state index contributed by atoms with van der Waals surface area (Å²) in [4.78, 5) is 13.4. The predicted molar refractivity (Wildman–Crippen MR) is 76.3 cm³/mol. The molecule has 1 saturated carbocycles. The lowest BCUT2D eigenvalue weighted by Crippen LogP contribution is -2.44. The zero-order valence-electron chi connectivity index (χ0n) is 12.6. The zero-order valence-corrected chi connectivity index (χ0v) is 12.6. The molecule has 1 fully saturated rings. The van der Waals surface area contributed by atoms with Gasteiger partial charge in [-0.05, 0) is 50.2 Å². The molecule has 3 atom stereocenters. The Bertz CT molecular complexity index is 457. The van der Waals surface area contributed by atoms with Gasteiger partial charge in [0.1, 0.15) is 0 Å². The topological polar surface area (TPSA) is 84.7 Å². The highest BCUT2D eigenvalue weighted by atomic mass is 16.2. The van der Waals surface area contributed by atoms with Gasteiger partial charge in [0, 0.05) is 6.04 Å². The van der Waals surface area contributed by atoms with Crippen molar-refractivity contribution in [1.29, 1.82) is 0 Å². The molecule has 0 aliphatic heterocycles. The minimum atomic E-state index is -0.250. The van der Waals surface area contributed by atoms with Crippen molar-refractivity contribution >= 4 is 12.0 Å². The van der Waals surface area contributed by atoms with E-state index in [4.69, 9.17) is 0 Å². The largest absolute Gasteiger partial charge is 0.335 e. The molecule has 3 unspecified atom stereocenters. The molecule has 1 aliphatic carbocycles. The molecule has 1 heterocycles. The molecule has 1 aromatic heterocycles. The second-order valence-electron chi connectivity index (χ2n) is 6.13. The Morgan fingerprint density at radius 3 is 2.70 bits per heavy atom. The minimum Gasteiger partial charge on any atom is -0.335 e. The number of hydrogen-bond donors (Lipinski definition) is 2. The molecule has 7 heteroatoms. The van der Waals surface area contributed by atoms with Gasteiger partial charge in [-0.1, -0.05) is 18.9 Å². The van der Waals surface area contributed by atoms with E-state index in [0.717, 1.165) is 25.2 Å². The highest BCUT2D eigenvalue weighted by Crippen LogP contribution is 2.28. The highest BCUT2D eigenvalue weighted by Gasteiger charge is 2.26. The van der Waals surface area contributed by atoms with Crippen LogP contribution in [0.1, 0.15) is 53.0 Å². The second kappa shape index (κ2) is 6.19. The first-order valence-electron chi connectivity index (χ1n) is 7.32. The van der Waals surface area contributed by atoms with Gasteiger partial charge < -0.3 is 5.32 Å². The van der Waals surface area contributed by atoms with Crippen LogP contribution in [0.25, 0.3) is 0 Å². The third-order valence-corrected chi connectivity index (χ3v) is 3.86. The number of nitrogens with zero attached hydrogens (tertiary/aromatic N) is 4. The number of tetrazole rings is 1. The van der Waals surface area contributed by atoms with E-state index in [1.54, 1.807) is 0 Å². The van der Waals surface area contributed by atoms with E-state index in [2.05, 4.69) is 39.9 Å². The Kier molecular flexibility index (Phi) is 4.57. The Morgan fingerprint density at radius 1 is 1.35 bits per heavy atom. The summed E-state index contributed by atoms with van der Waals surface area (Å²) < 4.78 is 0. The van der Waals surface area contributed by atoms with Gasteiger partial charge in [0.2, 0.25) is 0 Å². The highest BCUT2D eigenvalue weighted by molar-refractivity contribution is 5.87. The third-order valence-electron chi connectivity index (χ3n) is 3.86. The van der Waals surface area contributed by atoms with E-state index in [0.29, 0.717) is 5.92 Å². The summed E-state index contributed by atoms with van der Waals surface area (Å²) in [5.74, 6) is 1.50. The van der Waals surface area contributed by atoms with Crippen LogP contribution in [0.5, 0.6) is 0 Å². The SMILES string of the molecule is CC1CCC(NC(=O)Nc2nnn(C(C)C)n2)C(C)C1. The summed E-state index contributed by atoms with van der Waals surface area (Å²) >= 11 is 0. The Labute approximate surface area is 119 Å². The van der Waals surface area contributed by atoms with Crippen molar-refractivity contribution in [1.82, 2.24) is 25.5 Å². The normalized spacial score (nSPS) is 26.6. The van der Waals surface area contributed by atoms with E-state index in [9.17, 15) is 4.79 Å². The minimum absolute atomic E-state index is 0.126. The molecule has 2 rings (SSSR count). The fraction of sp³-hybridized carbons (Fsp3) is 0.846. The lowest BCUT2D eigenvalue weighted by Gasteiger charge is -2.32. The molecule has 0 saturated heterocycles. The van der Waals surface area contributed by atoms with Gasteiger partial charge in [-0.25, -0.2) is 4.79 Å². The van der Waals surface area contributed by atoms with Crippen molar-refractivity contribution in [2.24, 2.45) is 11.8 Å². The van der Waals surface area contributed by atoms with Crippen LogP contribution in [0.2, 0.25) is 0 Å². The predicted octanol–water partition coefficient (Wildman–Crippen LogP) is 2.20. The number of aromatic nitrogens is 4. The first-order valence-corrected chi connectivity index (χ1v) is 7.32. The Balaban J connectivity index is 1.85. The van der Waals surface area contributed by atoms with Crippen molar-refractivity contribution in [2.75, 3.05) is 5.32 Å². The zero-order chi connectivity index (χ0) is 14.7. The first kappa shape index (κ1) is 14.7.